The van der Waals surface area contributed by atoms with Crippen molar-refractivity contribution < 1.29 is 9.21 Å². The van der Waals surface area contributed by atoms with E-state index >= 15 is 0 Å². The van der Waals surface area contributed by atoms with Crippen LogP contribution in [-0.4, -0.2) is 27.0 Å². The summed E-state index contributed by atoms with van der Waals surface area (Å²) in [5, 5.41) is 8.72. The van der Waals surface area contributed by atoms with Gasteiger partial charge in [0.25, 0.3) is 0 Å². The van der Waals surface area contributed by atoms with Gasteiger partial charge in [-0.1, -0.05) is 51.8 Å². The highest BCUT2D eigenvalue weighted by Gasteiger charge is 2.32. The molecule has 0 unspecified atom stereocenters. The number of amides is 1. The molecule has 3 aromatic rings. The zero-order valence-electron chi connectivity index (χ0n) is 14.9. The number of carbonyl (C=O) groups excluding carboxylic acids is 1. The first-order valence-electron chi connectivity index (χ1n) is 8.92. The summed E-state index contributed by atoms with van der Waals surface area (Å²) >= 11 is 9.63. The quantitative estimate of drug-likeness (QED) is 0.467. The Hall–Kier alpha value is -2.44. The van der Waals surface area contributed by atoms with Gasteiger partial charge in [-0.2, -0.15) is 0 Å². The molecule has 0 atom stereocenters. The molecule has 0 radical (unpaired) electrons. The van der Waals surface area contributed by atoms with Crippen molar-refractivity contribution in [1.29, 1.82) is 0 Å². The van der Waals surface area contributed by atoms with E-state index < -0.39 is 0 Å². The van der Waals surface area contributed by atoms with E-state index in [2.05, 4.69) is 26.1 Å². The lowest BCUT2D eigenvalue weighted by Crippen LogP contribution is -2.31. The molecular weight excluding hydrogens is 442 g/mol. The Morgan fingerprint density at radius 3 is 2.79 bits per heavy atom. The van der Waals surface area contributed by atoms with Crippen molar-refractivity contribution in [3.05, 3.63) is 75.6 Å². The maximum atomic E-state index is 12.7. The minimum absolute atomic E-state index is 0.0695. The van der Waals surface area contributed by atoms with Crippen molar-refractivity contribution in [2.75, 3.05) is 0 Å². The van der Waals surface area contributed by atoms with Crippen LogP contribution in [0.3, 0.4) is 0 Å². The minimum Gasteiger partial charge on any atom is -0.419 e. The molecule has 1 saturated carbocycles. The van der Waals surface area contributed by atoms with E-state index in [1.165, 1.54) is 0 Å². The summed E-state index contributed by atoms with van der Waals surface area (Å²) in [4.78, 5) is 14.5. The number of halogens is 2. The molecule has 0 bridgehead atoms. The molecule has 1 amide bonds. The average molecular weight is 459 g/mol. The standard InChI is InChI=1S/C21H17BrClN3O2/c22-15-5-3-4-14(12-15)8-11-20(27)26(16-9-10-16)13-19-24-25-21(28-19)17-6-1-2-7-18(17)23/h1-8,11-12,16H,9-10,13H2/b11-8+. The highest BCUT2D eigenvalue weighted by atomic mass is 79.9. The summed E-state index contributed by atoms with van der Waals surface area (Å²) in [6.45, 7) is 0.282. The third kappa shape index (κ3) is 4.51. The van der Waals surface area contributed by atoms with Gasteiger partial charge in [0.2, 0.25) is 17.7 Å². The average Bonchev–Trinajstić information content (AvgIpc) is 3.43. The van der Waals surface area contributed by atoms with E-state index in [-0.39, 0.29) is 18.5 Å². The van der Waals surface area contributed by atoms with Crippen LogP contribution in [0, 0.1) is 0 Å². The van der Waals surface area contributed by atoms with Crippen molar-refractivity contribution in [1.82, 2.24) is 15.1 Å². The molecule has 1 aliphatic carbocycles. The maximum absolute atomic E-state index is 12.7. The van der Waals surface area contributed by atoms with Crippen LogP contribution in [0.5, 0.6) is 0 Å². The first kappa shape index (κ1) is 18.9. The highest BCUT2D eigenvalue weighted by molar-refractivity contribution is 9.10. The molecular formula is C21H17BrClN3O2. The number of nitrogens with zero attached hydrogens (tertiary/aromatic N) is 3. The van der Waals surface area contributed by atoms with Crippen molar-refractivity contribution >= 4 is 39.5 Å². The number of rotatable bonds is 6. The predicted molar refractivity (Wildman–Crippen MR) is 111 cm³/mol. The van der Waals surface area contributed by atoms with E-state index in [9.17, 15) is 4.79 Å². The second kappa shape index (κ2) is 8.29. The molecule has 1 aliphatic rings. The van der Waals surface area contributed by atoms with E-state index in [1.54, 1.807) is 17.0 Å². The molecule has 0 saturated heterocycles. The van der Waals surface area contributed by atoms with Crippen molar-refractivity contribution in [2.24, 2.45) is 0 Å². The fraction of sp³-hybridized carbons (Fsp3) is 0.190. The summed E-state index contributed by atoms with van der Waals surface area (Å²) < 4.78 is 6.73. The molecule has 0 spiro atoms. The first-order valence-corrected chi connectivity index (χ1v) is 10.1. The summed E-state index contributed by atoms with van der Waals surface area (Å²) in [6, 6.07) is 15.3. The molecule has 7 heteroatoms. The molecule has 142 valence electrons. The van der Waals surface area contributed by atoms with Crippen molar-refractivity contribution in [2.45, 2.75) is 25.4 Å². The third-order valence-corrected chi connectivity index (χ3v) is 5.24. The van der Waals surface area contributed by atoms with E-state index in [4.69, 9.17) is 16.0 Å². The number of hydrogen-bond acceptors (Lipinski definition) is 4. The highest BCUT2D eigenvalue weighted by Crippen LogP contribution is 2.30. The van der Waals surface area contributed by atoms with Gasteiger partial charge in [-0.25, -0.2) is 0 Å². The molecule has 5 nitrogen and oxygen atoms in total. The maximum Gasteiger partial charge on any atom is 0.249 e. The van der Waals surface area contributed by atoms with E-state index in [1.807, 2.05) is 48.5 Å². The Labute approximate surface area is 176 Å². The van der Waals surface area contributed by atoms with Gasteiger partial charge in [0, 0.05) is 16.6 Å². The van der Waals surface area contributed by atoms with Crippen LogP contribution in [0.4, 0.5) is 0 Å². The van der Waals surface area contributed by atoms with Crippen LogP contribution in [0.1, 0.15) is 24.3 Å². The van der Waals surface area contributed by atoms with Gasteiger partial charge in [0.15, 0.2) is 0 Å². The molecule has 28 heavy (non-hydrogen) atoms. The number of aromatic nitrogens is 2. The SMILES string of the molecule is O=C(/C=C/c1cccc(Br)c1)N(Cc1nnc(-c2ccccc2Cl)o1)C1CC1. The van der Waals surface area contributed by atoms with Gasteiger partial charge in [0.05, 0.1) is 17.1 Å². The van der Waals surface area contributed by atoms with Crippen molar-refractivity contribution in [3.63, 3.8) is 0 Å². The zero-order chi connectivity index (χ0) is 19.5. The lowest BCUT2D eigenvalue weighted by molar-refractivity contribution is -0.127. The van der Waals surface area contributed by atoms with Gasteiger partial charge in [-0.3, -0.25) is 4.79 Å². The molecule has 2 aromatic carbocycles. The van der Waals surface area contributed by atoms with Crippen LogP contribution < -0.4 is 0 Å². The Bertz CT molecular complexity index is 1030. The summed E-state index contributed by atoms with van der Waals surface area (Å²) in [5.41, 5.74) is 1.64. The molecule has 1 aromatic heterocycles. The Balaban J connectivity index is 1.49. The Morgan fingerprint density at radius 2 is 2.04 bits per heavy atom. The van der Waals surface area contributed by atoms with Gasteiger partial charge < -0.3 is 9.32 Å². The second-order valence-electron chi connectivity index (χ2n) is 6.57. The third-order valence-electron chi connectivity index (χ3n) is 4.41. The van der Waals surface area contributed by atoms with Crippen LogP contribution in [0.15, 0.2) is 63.5 Å². The van der Waals surface area contributed by atoms with E-state index in [0.29, 0.717) is 22.4 Å². The first-order chi connectivity index (χ1) is 13.6. The molecule has 1 heterocycles. The van der Waals surface area contributed by atoms with Gasteiger partial charge in [-0.05, 0) is 48.7 Å². The lowest BCUT2D eigenvalue weighted by atomic mass is 10.2. The Kier molecular flexibility index (Phi) is 5.59. The fourth-order valence-electron chi connectivity index (χ4n) is 2.85. The van der Waals surface area contributed by atoms with Gasteiger partial charge in [-0.15, -0.1) is 10.2 Å². The normalized spacial score (nSPS) is 13.8. The number of benzene rings is 2. The summed E-state index contributed by atoms with van der Waals surface area (Å²) in [5.74, 6) is 0.680. The summed E-state index contributed by atoms with van der Waals surface area (Å²) in [6.07, 6.45) is 5.38. The minimum atomic E-state index is -0.0695. The van der Waals surface area contributed by atoms with Gasteiger partial charge >= 0.3 is 0 Å². The molecule has 0 N–H and O–H groups in total. The summed E-state index contributed by atoms with van der Waals surface area (Å²) in [7, 11) is 0. The molecule has 0 aliphatic heterocycles. The molecule has 1 fully saturated rings. The monoisotopic (exact) mass is 457 g/mol. The Morgan fingerprint density at radius 1 is 1.21 bits per heavy atom. The number of carbonyl (C=O) groups is 1. The zero-order valence-corrected chi connectivity index (χ0v) is 17.2. The van der Waals surface area contributed by atoms with Crippen LogP contribution in [0.2, 0.25) is 5.02 Å². The molecule has 4 rings (SSSR count). The van der Waals surface area contributed by atoms with Crippen LogP contribution >= 0.6 is 27.5 Å². The van der Waals surface area contributed by atoms with Crippen molar-refractivity contribution in [3.8, 4) is 11.5 Å². The second-order valence-corrected chi connectivity index (χ2v) is 7.89. The van der Waals surface area contributed by atoms with Crippen LogP contribution in [0.25, 0.3) is 17.5 Å². The van der Waals surface area contributed by atoms with E-state index in [0.717, 1.165) is 22.9 Å². The lowest BCUT2D eigenvalue weighted by Gasteiger charge is -2.18. The van der Waals surface area contributed by atoms with Gasteiger partial charge in [0.1, 0.15) is 0 Å². The number of hydrogen-bond donors (Lipinski definition) is 0. The fourth-order valence-corrected chi connectivity index (χ4v) is 3.49. The largest absolute Gasteiger partial charge is 0.419 e. The smallest absolute Gasteiger partial charge is 0.249 e. The topological polar surface area (TPSA) is 59.2 Å². The predicted octanol–water partition coefficient (Wildman–Crippen LogP) is 5.36. The van der Waals surface area contributed by atoms with Crippen LogP contribution in [-0.2, 0) is 11.3 Å².